The summed E-state index contributed by atoms with van der Waals surface area (Å²) in [6.07, 6.45) is -0.314. The van der Waals surface area contributed by atoms with Crippen molar-refractivity contribution >= 4 is 49.2 Å². The van der Waals surface area contributed by atoms with Crippen molar-refractivity contribution in [3.63, 3.8) is 0 Å². The van der Waals surface area contributed by atoms with Crippen molar-refractivity contribution in [3.05, 3.63) is 96.9 Å². The van der Waals surface area contributed by atoms with E-state index in [9.17, 15) is 14.7 Å². The predicted octanol–water partition coefficient (Wildman–Crippen LogP) is 6.14. The number of nitrogens with zero attached hydrogens (tertiary/aromatic N) is 1. The van der Waals surface area contributed by atoms with Crippen LogP contribution in [0.4, 0.5) is 5.69 Å². The fourth-order valence-electron chi connectivity index (χ4n) is 4.24. The molecule has 0 spiro atoms. The summed E-state index contributed by atoms with van der Waals surface area (Å²) in [5, 5.41) is 11.7. The summed E-state index contributed by atoms with van der Waals surface area (Å²) in [5.41, 5.74) is 3.52. The topological polar surface area (TPSA) is 57.6 Å². The van der Waals surface area contributed by atoms with Crippen LogP contribution in [0.25, 0.3) is 0 Å². The highest BCUT2D eigenvalue weighted by molar-refractivity contribution is 9.10. The number of Topliss-reactive ketones (excluding diaryl/α,β-unsaturated/α-hetero) is 1. The second-order valence-electron chi connectivity index (χ2n) is 8.36. The zero-order valence-corrected chi connectivity index (χ0v) is 21.2. The molecule has 3 aromatic rings. The third kappa shape index (κ3) is 3.96. The van der Waals surface area contributed by atoms with Crippen LogP contribution in [0.15, 0.2) is 63.5 Å². The Labute approximate surface area is 204 Å². The molecule has 0 aromatic heterocycles. The van der Waals surface area contributed by atoms with E-state index in [4.69, 9.17) is 0 Å². The maximum absolute atomic E-state index is 13.6. The Morgan fingerprint density at radius 1 is 0.969 bits per heavy atom. The molecule has 0 saturated carbocycles. The maximum Gasteiger partial charge on any atom is 0.264 e. The molecule has 3 aromatic carbocycles. The van der Waals surface area contributed by atoms with Gasteiger partial charge in [-0.15, -0.1) is 0 Å². The van der Waals surface area contributed by atoms with Gasteiger partial charge in [-0.2, -0.15) is 0 Å². The number of carbonyl (C=O) groups excluding carboxylic acids is 2. The van der Waals surface area contributed by atoms with Gasteiger partial charge in [-0.3, -0.25) is 9.59 Å². The van der Waals surface area contributed by atoms with Gasteiger partial charge >= 0.3 is 0 Å². The van der Waals surface area contributed by atoms with Gasteiger partial charge in [0, 0.05) is 20.1 Å². The van der Waals surface area contributed by atoms with Crippen molar-refractivity contribution in [2.24, 2.45) is 0 Å². The molecule has 1 amide bonds. The lowest BCUT2D eigenvalue weighted by molar-refractivity contribution is -0.136. The Bertz CT molecular complexity index is 1250. The van der Waals surface area contributed by atoms with Gasteiger partial charge in [-0.1, -0.05) is 56.1 Å². The quantitative estimate of drug-likeness (QED) is 0.384. The molecule has 1 unspecified atom stereocenters. The molecule has 0 aliphatic carbocycles. The number of anilines is 1. The molecule has 6 heteroatoms. The van der Waals surface area contributed by atoms with Crippen LogP contribution in [0, 0.1) is 20.8 Å². The highest BCUT2D eigenvalue weighted by Gasteiger charge is 2.51. The standard InChI is InChI=1S/C26H23Br2NO3/c1-15-10-17(3)20(11-16(15)2)24(30)13-26(32)21-12-19(27)8-9-23(21)29(25(26)31)14-18-6-4-5-7-22(18)28/h4-12,32H,13-14H2,1-3H3. The zero-order valence-electron chi connectivity index (χ0n) is 18.1. The molecule has 4 rings (SSSR count). The summed E-state index contributed by atoms with van der Waals surface area (Å²) in [6, 6.07) is 16.8. The number of ketones is 1. The number of aliphatic hydroxyl groups is 1. The maximum atomic E-state index is 13.6. The van der Waals surface area contributed by atoms with Crippen molar-refractivity contribution in [3.8, 4) is 0 Å². The number of halogens is 2. The first-order valence-corrected chi connectivity index (χ1v) is 11.9. The SMILES string of the molecule is Cc1cc(C)c(C(=O)CC2(O)C(=O)N(Cc3ccccc3Br)c3ccc(Br)cc32)cc1C. The normalized spacial score (nSPS) is 17.6. The minimum atomic E-state index is -1.93. The summed E-state index contributed by atoms with van der Waals surface area (Å²) in [7, 11) is 0. The summed E-state index contributed by atoms with van der Waals surface area (Å²) in [6.45, 7) is 6.11. The smallest absolute Gasteiger partial charge is 0.264 e. The molecule has 1 atom stereocenters. The highest BCUT2D eigenvalue weighted by atomic mass is 79.9. The zero-order chi connectivity index (χ0) is 23.2. The molecule has 32 heavy (non-hydrogen) atoms. The molecule has 1 N–H and O–H groups in total. The lowest BCUT2D eigenvalue weighted by Crippen LogP contribution is -2.41. The molecule has 0 bridgehead atoms. The van der Waals surface area contributed by atoms with E-state index in [2.05, 4.69) is 31.9 Å². The Balaban J connectivity index is 1.74. The molecule has 0 radical (unpaired) electrons. The highest BCUT2D eigenvalue weighted by Crippen LogP contribution is 2.45. The predicted molar refractivity (Wildman–Crippen MR) is 133 cm³/mol. The second-order valence-corrected chi connectivity index (χ2v) is 10.1. The van der Waals surface area contributed by atoms with E-state index in [1.54, 1.807) is 17.0 Å². The van der Waals surface area contributed by atoms with Crippen LogP contribution in [-0.2, 0) is 16.9 Å². The molecule has 1 aliphatic rings. The molecule has 0 saturated heterocycles. The summed E-state index contributed by atoms with van der Waals surface area (Å²) >= 11 is 6.97. The van der Waals surface area contributed by atoms with E-state index < -0.39 is 11.5 Å². The summed E-state index contributed by atoms with van der Waals surface area (Å²) < 4.78 is 1.61. The third-order valence-electron chi connectivity index (χ3n) is 6.14. The van der Waals surface area contributed by atoms with Crippen LogP contribution in [0.1, 0.15) is 44.6 Å². The minimum absolute atomic E-state index is 0.255. The number of hydrogen-bond acceptors (Lipinski definition) is 3. The number of fused-ring (bicyclic) bond motifs is 1. The summed E-state index contributed by atoms with van der Waals surface area (Å²) in [4.78, 5) is 28.4. The fraction of sp³-hybridized carbons (Fsp3) is 0.231. The largest absolute Gasteiger partial charge is 0.375 e. The number of aryl methyl sites for hydroxylation is 3. The van der Waals surface area contributed by atoms with Crippen molar-refractivity contribution in [2.45, 2.75) is 39.3 Å². The minimum Gasteiger partial charge on any atom is -0.375 e. The Hall–Kier alpha value is -2.28. The van der Waals surface area contributed by atoms with Crippen LogP contribution in [-0.4, -0.2) is 16.8 Å². The average Bonchev–Trinajstić information content (AvgIpc) is 2.93. The van der Waals surface area contributed by atoms with Crippen LogP contribution >= 0.6 is 31.9 Å². The number of rotatable bonds is 5. The monoisotopic (exact) mass is 555 g/mol. The number of benzene rings is 3. The van der Waals surface area contributed by atoms with E-state index in [1.807, 2.05) is 63.2 Å². The number of carbonyl (C=O) groups is 2. The first-order valence-electron chi connectivity index (χ1n) is 10.3. The molecular weight excluding hydrogens is 534 g/mol. The van der Waals surface area contributed by atoms with E-state index in [1.165, 1.54) is 0 Å². The Morgan fingerprint density at radius 2 is 1.66 bits per heavy atom. The van der Waals surface area contributed by atoms with Crippen LogP contribution in [0.3, 0.4) is 0 Å². The number of amides is 1. The Kier molecular flexibility index (Phi) is 6.14. The van der Waals surface area contributed by atoms with Gasteiger partial charge in [0.05, 0.1) is 18.7 Å². The van der Waals surface area contributed by atoms with Gasteiger partial charge in [-0.05, 0) is 73.4 Å². The van der Waals surface area contributed by atoms with Gasteiger partial charge in [-0.25, -0.2) is 0 Å². The van der Waals surface area contributed by atoms with Crippen molar-refractivity contribution in [2.75, 3.05) is 4.90 Å². The molecule has 164 valence electrons. The van der Waals surface area contributed by atoms with Crippen LogP contribution in [0.2, 0.25) is 0 Å². The molecule has 1 aliphatic heterocycles. The van der Waals surface area contributed by atoms with E-state index in [0.717, 1.165) is 31.2 Å². The molecule has 0 fully saturated rings. The molecule has 4 nitrogen and oxygen atoms in total. The van der Waals surface area contributed by atoms with E-state index in [-0.39, 0.29) is 18.7 Å². The lowest BCUT2D eigenvalue weighted by atomic mass is 9.86. The summed E-state index contributed by atoms with van der Waals surface area (Å²) in [5.74, 6) is -0.744. The van der Waals surface area contributed by atoms with Crippen molar-refractivity contribution in [1.29, 1.82) is 0 Å². The number of hydrogen-bond donors (Lipinski definition) is 1. The lowest BCUT2D eigenvalue weighted by Gasteiger charge is -2.23. The van der Waals surface area contributed by atoms with Gasteiger partial charge < -0.3 is 10.0 Å². The molecular formula is C26H23Br2NO3. The van der Waals surface area contributed by atoms with Crippen LogP contribution in [0.5, 0.6) is 0 Å². The van der Waals surface area contributed by atoms with Gasteiger partial charge in [0.25, 0.3) is 5.91 Å². The van der Waals surface area contributed by atoms with Crippen molar-refractivity contribution in [1.82, 2.24) is 0 Å². The van der Waals surface area contributed by atoms with Crippen LogP contribution < -0.4 is 4.90 Å². The van der Waals surface area contributed by atoms with E-state index in [0.29, 0.717) is 16.8 Å². The third-order valence-corrected chi connectivity index (χ3v) is 7.40. The molecule has 1 heterocycles. The van der Waals surface area contributed by atoms with Gasteiger partial charge in [0.2, 0.25) is 0 Å². The first-order chi connectivity index (χ1) is 15.1. The fourth-order valence-corrected chi connectivity index (χ4v) is 5.01. The van der Waals surface area contributed by atoms with Crippen molar-refractivity contribution < 1.29 is 14.7 Å². The van der Waals surface area contributed by atoms with Gasteiger partial charge in [0.15, 0.2) is 11.4 Å². The van der Waals surface area contributed by atoms with E-state index >= 15 is 0 Å². The average molecular weight is 557 g/mol. The van der Waals surface area contributed by atoms with Gasteiger partial charge in [0.1, 0.15) is 0 Å². The second kappa shape index (κ2) is 8.58. The first kappa shape index (κ1) is 22.9. The Morgan fingerprint density at radius 3 is 2.38 bits per heavy atom.